The standard InChI is InChI=1S/C13H25NO3S3.Zn/c1-20-9-7-11(13(16)17)14-12(15)5-3-2-4-10(19)6-8-18;/h10-11,18-19H,2-9H2,1H3,(H,14,15)(H,16,17);. The van der Waals surface area contributed by atoms with E-state index in [1.165, 1.54) is 0 Å². The van der Waals surface area contributed by atoms with Crippen molar-refractivity contribution >= 4 is 48.9 Å². The van der Waals surface area contributed by atoms with E-state index in [4.69, 9.17) is 5.11 Å². The number of nitrogens with one attached hydrogen (secondary N) is 1. The van der Waals surface area contributed by atoms with Crippen LogP contribution in [0.15, 0.2) is 0 Å². The largest absolute Gasteiger partial charge is 0.480 e. The van der Waals surface area contributed by atoms with Gasteiger partial charge in [0.25, 0.3) is 0 Å². The Labute approximate surface area is 155 Å². The van der Waals surface area contributed by atoms with Gasteiger partial charge in [-0.15, -0.1) is 0 Å². The van der Waals surface area contributed by atoms with Crippen molar-refractivity contribution in [2.75, 3.05) is 17.8 Å². The van der Waals surface area contributed by atoms with E-state index in [1.807, 2.05) is 6.26 Å². The van der Waals surface area contributed by atoms with Gasteiger partial charge in [-0.2, -0.15) is 37.0 Å². The zero-order chi connectivity index (χ0) is 15.4. The van der Waals surface area contributed by atoms with Crippen LogP contribution in [-0.2, 0) is 29.1 Å². The molecule has 0 aliphatic carbocycles. The number of carbonyl (C=O) groups excluding carboxylic acids is 1. The molecule has 0 heterocycles. The van der Waals surface area contributed by atoms with Crippen molar-refractivity contribution in [2.45, 2.75) is 49.8 Å². The van der Waals surface area contributed by atoms with Crippen molar-refractivity contribution in [1.82, 2.24) is 5.32 Å². The van der Waals surface area contributed by atoms with Gasteiger partial charge in [0.2, 0.25) is 5.91 Å². The average molecular weight is 405 g/mol. The summed E-state index contributed by atoms with van der Waals surface area (Å²) in [4.78, 5) is 22.7. The second-order valence-corrected chi connectivity index (χ2v) is 6.81. The molecule has 1 amide bonds. The molecule has 0 radical (unpaired) electrons. The number of rotatable bonds is 12. The van der Waals surface area contributed by atoms with E-state index in [2.05, 4.69) is 30.6 Å². The molecule has 8 heteroatoms. The van der Waals surface area contributed by atoms with Crippen LogP contribution in [0.4, 0.5) is 0 Å². The third-order valence-electron chi connectivity index (χ3n) is 2.90. The molecule has 0 fully saturated rings. The summed E-state index contributed by atoms with van der Waals surface area (Å²) in [5.41, 5.74) is 0. The van der Waals surface area contributed by atoms with Crippen LogP contribution in [-0.4, -0.2) is 46.0 Å². The number of amides is 1. The van der Waals surface area contributed by atoms with Crippen molar-refractivity contribution in [3.63, 3.8) is 0 Å². The SMILES string of the molecule is CSCCC(NC(=O)CCCCC(S)CCS)C(=O)O.[Zn]. The van der Waals surface area contributed by atoms with Gasteiger partial charge in [0, 0.05) is 31.1 Å². The molecule has 21 heavy (non-hydrogen) atoms. The predicted molar refractivity (Wildman–Crippen MR) is 92.3 cm³/mol. The smallest absolute Gasteiger partial charge is 0.326 e. The third kappa shape index (κ3) is 14.0. The maximum atomic E-state index is 11.7. The summed E-state index contributed by atoms with van der Waals surface area (Å²) >= 11 is 10.2. The Kier molecular flexibility index (Phi) is 17.6. The first-order chi connectivity index (χ1) is 9.51. The van der Waals surface area contributed by atoms with Crippen LogP contribution < -0.4 is 5.32 Å². The number of carboxylic acid groups (broad SMARTS) is 1. The van der Waals surface area contributed by atoms with Gasteiger partial charge < -0.3 is 10.4 Å². The van der Waals surface area contributed by atoms with E-state index in [1.54, 1.807) is 11.8 Å². The topological polar surface area (TPSA) is 66.4 Å². The Morgan fingerprint density at radius 2 is 1.90 bits per heavy atom. The van der Waals surface area contributed by atoms with Crippen LogP contribution in [0.1, 0.15) is 38.5 Å². The zero-order valence-electron chi connectivity index (χ0n) is 12.6. The molecule has 0 aliphatic rings. The molecule has 4 nitrogen and oxygen atoms in total. The Balaban J connectivity index is 0. The van der Waals surface area contributed by atoms with Gasteiger partial charge in [0.15, 0.2) is 0 Å². The number of unbranched alkanes of at least 4 members (excludes halogenated alkanes) is 1. The molecule has 120 valence electrons. The molecule has 0 saturated heterocycles. The van der Waals surface area contributed by atoms with E-state index in [0.717, 1.165) is 37.2 Å². The molecule has 0 aromatic heterocycles. The van der Waals surface area contributed by atoms with E-state index < -0.39 is 12.0 Å². The molecule has 2 unspecified atom stereocenters. The number of hydrogen-bond acceptors (Lipinski definition) is 5. The van der Waals surface area contributed by atoms with Gasteiger partial charge in [-0.05, 0) is 43.4 Å². The predicted octanol–water partition coefficient (Wildman–Crippen LogP) is 2.49. The number of carboxylic acids is 1. The fraction of sp³-hybridized carbons (Fsp3) is 0.846. The summed E-state index contributed by atoms with van der Waals surface area (Å²) in [5.74, 6) is 0.409. The second kappa shape index (κ2) is 15.5. The monoisotopic (exact) mass is 403 g/mol. The Bertz CT molecular complexity index is 296. The van der Waals surface area contributed by atoms with Crippen LogP contribution in [0.3, 0.4) is 0 Å². The maximum Gasteiger partial charge on any atom is 0.326 e. The molecule has 0 rings (SSSR count). The van der Waals surface area contributed by atoms with Gasteiger partial charge in [-0.3, -0.25) is 4.79 Å². The summed E-state index contributed by atoms with van der Waals surface area (Å²) in [6.07, 6.45) is 6.38. The Morgan fingerprint density at radius 1 is 1.24 bits per heavy atom. The minimum Gasteiger partial charge on any atom is -0.480 e. The summed E-state index contributed by atoms with van der Waals surface area (Å²) in [6.45, 7) is 0. The normalized spacial score (nSPS) is 13.1. The fourth-order valence-electron chi connectivity index (χ4n) is 1.72. The number of thioether (sulfide) groups is 1. The summed E-state index contributed by atoms with van der Waals surface area (Å²) in [6, 6.07) is -0.767. The van der Waals surface area contributed by atoms with Crippen molar-refractivity contribution in [2.24, 2.45) is 0 Å². The van der Waals surface area contributed by atoms with Crippen LogP contribution in [0.25, 0.3) is 0 Å². The minimum absolute atomic E-state index is 0. The van der Waals surface area contributed by atoms with Crippen LogP contribution >= 0.6 is 37.0 Å². The second-order valence-electron chi connectivity index (χ2n) is 4.65. The van der Waals surface area contributed by atoms with Crippen molar-refractivity contribution in [3.05, 3.63) is 0 Å². The van der Waals surface area contributed by atoms with Gasteiger partial charge in [-0.1, -0.05) is 6.42 Å². The third-order valence-corrected chi connectivity index (χ3v) is 4.32. The molecule has 0 aromatic rings. The summed E-state index contributed by atoms with van der Waals surface area (Å²) < 4.78 is 0. The van der Waals surface area contributed by atoms with Crippen molar-refractivity contribution < 1.29 is 34.2 Å². The number of thiol groups is 2. The zero-order valence-corrected chi connectivity index (χ0v) is 18.2. The van der Waals surface area contributed by atoms with Crippen LogP contribution in [0.2, 0.25) is 0 Å². The van der Waals surface area contributed by atoms with E-state index >= 15 is 0 Å². The van der Waals surface area contributed by atoms with Gasteiger partial charge in [-0.25, -0.2) is 4.79 Å². The Morgan fingerprint density at radius 3 is 2.43 bits per heavy atom. The van der Waals surface area contributed by atoms with Gasteiger partial charge >= 0.3 is 5.97 Å². The van der Waals surface area contributed by atoms with Gasteiger partial charge in [0.05, 0.1) is 0 Å². The first-order valence-corrected chi connectivity index (χ1v) is 9.35. The fourth-order valence-corrected chi connectivity index (χ4v) is 3.02. The van der Waals surface area contributed by atoms with E-state index in [-0.39, 0.29) is 25.4 Å². The molecule has 2 atom stereocenters. The van der Waals surface area contributed by atoms with E-state index in [0.29, 0.717) is 18.1 Å². The molecule has 0 bridgehead atoms. The molecule has 2 N–H and O–H groups in total. The van der Waals surface area contributed by atoms with Gasteiger partial charge in [0.1, 0.15) is 6.04 Å². The first-order valence-electron chi connectivity index (χ1n) is 6.81. The molecule has 0 aromatic carbocycles. The minimum atomic E-state index is -0.961. The number of carbonyl (C=O) groups is 2. The summed E-state index contributed by atoms with van der Waals surface area (Å²) in [5, 5.41) is 11.9. The number of hydrogen-bond donors (Lipinski definition) is 4. The molecular weight excluding hydrogens is 380 g/mol. The van der Waals surface area contributed by atoms with Crippen LogP contribution in [0.5, 0.6) is 0 Å². The number of aliphatic carboxylic acids is 1. The molecule has 0 aliphatic heterocycles. The van der Waals surface area contributed by atoms with Crippen molar-refractivity contribution in [3.8, 4) is 0 Å². The molecular formula is C13H25NO3S3Zn. The van der Waals surface area contributed by atoms with Crippen molar-refractivity contribution in [1.29, 1.82) is 0 Å². The quantitative estimate of drug-likeness (QED) is 0.229. The van der Waals surface area contributed by atoms with E-state index in [9.17, 15) is 9.59 Å². The summed E-state index contributed by atoms with van der Waals surface area (Å²) in [7, 11) is 0. The van der Waals surface area contributed by atoms with Crippen LogP contribution in [0, 0.1) is 0 Å². The molecule has 0 saturated carbocycles. The average Bonchev–Trinajstić information content (AvgIpc) is 2.39. The maximum absolute atomic E-state index is 11.7. The molecule has 0 spiro atoms. The Hall–Kier alpha value is 0.613. The first kappa shape index (κ1) is 23.9.